The van der Waals surface area contributed by atoms with Crippen LogP contribution in [0.2, 0.25) is 0 Å². The highest BCUT2D eigenvalue weighted by atomic mass is 16.3. The standard InChI is InChI=1S/C18H18N2O/c1-3-15-17(14-10-5-4-6-11-14)18(21)19-20(15)16-12-8-7-9-13(16)2/h4-12H,3H2,1-2H3,(H,19,21). The topological polar surface area (TPSA) is 38.1 Å². The lowest BCUT2D eigenvalue weighted by Crippen LogP contribution is -2.03. The maximum Gasteiger partial charge on any atom is 0.239 e. The quantitative estimate of drug-likeness (QED) is 0.782. The number of aromatic nitrogens is 2. The maximum absolute atomic E-state index is 10.3. The molecule has 0 fully saturated rings. The van der Waals surface area contributed by atoms with Gasteiger partial charge in [0.25, 0.3) is 0 Å². The minimum atomic E-state index is 0.0845. The lowest BCUT2D eigenvalue weighted by atomic mass is 10.0. The van der Waals surface area contributed by atoms with Gasteiger partial charge in [-0.2, -0.15) is 0 Å². The molecule has 2 aromatic carbocycles. The van der Waals surface area contributed by atoms with Crippen molar-refractivity contribution >= 4 is 0 Å². The van der Waals surface area contributed by atoms with E-state index in [1.165, 1.54) is 0 Å². The molecule has 0 spiro atoms. The summed E-state index contributed by atoms with van der Waals surface area (Å²) >= 11 is 0. The maximum atomic E-state index is 10.3. The van der Waals surface area contributed by atoms with Crippen LogP contribution in [0.1, 0.15) is 18.2 Å². The molecule has 3 nitrogen and oxygen atoms in total. The van der Waals surface area contributed by atoms with Gasteiger partial charge in [-0.25, -0.2) is 4.68 Å². The molecule has 1 heterocycles. The summed E-state index contributed by atoms with van der Waals surface area (Å²) in [6, 6.07) is 18.0. The highest BCUT2D eigenvalue weighted by Gasteiger charge is 2.19. The number of hydrogen-bond acceptors (Lipinski definition) is 2. The number of hydrogen-bond donors (Lipinski definition) is 1. The first-order valence-corrected chi connectivity index (χ1v) is 7.14. The van der Waals surface area contributed by atoms with Crippen molar-refractivity contribution in [1.29, 1.82) is 0 Å². The van der Waals surface area contributed by atoms with Gasteiger partial charge in [-0.05, 0) is 30.5 Å². The average Bonchev–Trinajstić information content (AvgIpc) is 2.85. The Morgan fingerprint density at radius 3 is 2.33 bits per heavy atom. The van der Waals surface area contributed by atoms with Crippen molar-refractivity contribution in [1.82, 2.24) is 9.78 Å². The van der Waals surface area contributed by atoms with E-state index in [1.807, 2.05) is 53.2 Å². The number of benzene rings is 2. The van der Waals surface area contributed by atoms with E-state index in [1.54, 1.807) is 0 Å². The van der Waals surface area contributed by atoms with Gasteiger partial charge >= 0.3 is 0 Å². The smallest absolute Gasteiger partial charge is 0.239 e. The van der Waals surface area contributed by atoms with Crippen LogP contribution in [0.15, 0.2) is 54.6 Å². The average molecular weight is 278 g/mol. The molecule has 1 aromatic heterocycles. The summed E-state index contributed by atoms with van der Waals surface area (Å²) in [4.78, 5) is 0. The highest BCUT2D eigenvalue weighted by Crippen LogP contribution is 2.34. The Kier molecular flexibility index (Phi) is 3.48. The number of aromatic hydroxyl groups is 1. The Labute approximate surface area is 124 Å². The SMILES string of the molecule is CCc1c(-c2ccccc2)c(O)nn1-c1ccccc1C. The molecule has 1 N–H and O–H groups in total. The third-order valence-electron chi connectivity index (χ3n) is 3.70. The molecule has 0 saturated carbocycles. The zero-order valence-electron chi connectivity index (χ0n) is 12.2. The normalized spacial score (nSPS) is 10.8. The molecule has 0 unspecified atom stereocenters. The summed E-state index contributed by atoms with van der Waals surface area (Å²) < 4.78 is 1.85. The molecular weight excluding hydrogens is 260 g/mol. The number of para-hydroxylation sites is 1. The van der Waals surface area contributed by atoms with Gasteiger partial charge in [0, 0.05) is 0 Å². The van der Waals surface area contributed by atoms with E-state index in [4.69, 9.17) is 0 Å². The molecule has 0 aliphatic heterocycles. The molecule has 21 heavy (non-hydrogen) atoms. The van der Waals surface area contributed by atoms with Gasteiger partial charge < -0.3 is 5.11 Å². The van der Waals surface area contributed by atoms with Crippen molar-refractivity contribution in [2.24, 2.45) is 0 Å². The predicted octanol–water partition coefficient (Wildman–Crippen LogP) is 4.12. The molecule has 0 radical (unpaired) electrons. The van der Waals surface area contributed by atoms with Crippen molar-refractivity contribution in [3.63, 3.8) is 0 Å². The fourth-order valence-corrected chi connectivity index (χ4v) is 2.67. The van der Waals surface area contributed by atoms with Crippen LogP contribution in [0.5, 0.6) is 5.88 Å². The van der Waals surface area contributed by atoms with E-state index in [9.17, 15) is 5.11 Å². The molecule has 0 saturated heterocycles. The van der Waals surface area contributed by atoms with Crippen LogP contribution in [0.4, 0.5) is 0 Å². The first-order valence-electron chi connectivity index (χ1n) is 7.14. The zero-order chi connectivity index (χ0) is 14.8. The molecule has 3 rings (SSSR count). The van der Waals surface area contributed by atoms with Crippen LogP contribution in [0.3, 0.4) is 0 Å². The van der Waals surface area contributed by atoms with Crippen LogP contribution in [-0.2, 0) is 6.42 Å². The largest absolute Gasteiger partial charge is 0.492 e. The second-order valence-corrected chi connectivity index (χ2v) is 5.06. The summed E-state index contributed by atoms with van der Waals surface area (Å²) in [6.07, 6.45) is 0.798. The summed E-state index contributed by atoms with van der Waals surface area (Å²) in [5.41, 5.74) is 4.97. The Morgan fingerprint density at radius 2 is 1.67 bits per heavy atom. The third kappa shape index (κ3) is 2.31. The Bertz CT molecular complexity index is 760. The Morgan fingerprint density at radius 1 is 1.00 bits per heavy atom. The van der Waals surface area contributed by atoms with Gasteiger partial charge in [-0.1, -0.05) is 55.5 Å². The van der Waals surface area contributed by atoms with E-state index in [2.05, 4.69) is 25.0 Å². The van der Waals surface area contributed by atoms with Gasteiger partial charge in [-0.15, -0.1) is 5.10 Å². The van der Waals surface area contributed by atoms with E-state index < -0.39 is 0 Å². The van der Waals surface area contributed by atoms with Crippen LogP contribution >= 0.6 is 0 Å². The van der Waals surface area contributed by atoms with E-state index in [0.29, 0.717) is 0 Å². The summed E-state index contributed by atoms with van der Waals surface area (Å²) in [7, 11) is 0. The minimum absolute atomic E-state index is 0.0845. The molecule has 3 heteroatoms. The fourth-order valence-electron chi connectivity index (χ4n) is 2.67. The van der Waals surface area contributed by atoms with Crippen LogP contribution in [0.25, 0.3) is 16.8 Å². The van der Waals surface area contributed by atoms with Crippen molar-refractivity contribution in [2.45, 2.75) is 20.3 Å². The fraction of sp³-hybridized carbons (Fsp3) is 0.167. The van der Waals surface area contributed by atoms with Crippen LogP contribution < -0.4 is 0 Å². The molecule has 106 valence electrons. The Balaban J connectivity index is 2.24. The molecule has 0 atom stereocenters. The lowest BCUT2D eigenvalue weighted by molar-refractivity contribution is 0.449. The predicted molar refractivity (Wildman–Crippen MR) is 84.8 cm³/mol. The van der Waals surface area contributed by atoms with Gasteiger partial charge in [0.15, 0.2) is 0 Å². The van der Waals surface area contributed by atoms with Crippen molar-refractivity contribution in [3.8, 4) is 22.7 Å². The highest BCUT2D eigenvalue weighted by molar-refractivity contribution is 5.72. The molecule has 0 aliphatic rings. The third-order valence-corrected chi connectivity index (χ3v) is 3.70. The van der Waals surface area contributed by atoms with Crippen LogP contribution in [-0.4, -0.2) is 14.9 Å². The van der Waals surface area contributed by atoms with Crippen molar-refractivity contribution in [3.05, 3.63) is 65.9 Å². The zero-order valence-corrected chi connectivity index (χ0v) is 12.2. The number of rotatable bonds is 3. The molecule has 0 aliphatic carbocycles. The van der Waals surface area contributed by atoms with Gasteiger partial charge in [0.2, 0.25) is 5.88 Å². The van der Waals surface area contributed by atoms with Gasteiger partial charge in [-0.3, -0.25) is 0 Å². The first-order chi connectivity index (χ1) is 10.2. The van der Waals surface area contributed by atoms with Crippen molar-refractivity contribution < 1.29 is 5.11 Å². The number of nitrogens with zero attached hydrogens (tertiary/aromatic N) is 2. The second-order valence-electron chi connectivity index (χ2n) is 5.06. The van der Waals surface area contributed by atoms with Crippen molar-refractivity contribution in [2.75, 3.05) is 0 Å². The monoisotopic (exact) mass is 278 g/mol. The number of aryl methyl sites for hydroxylation is 1. The molecule has 0 bridgehead atoms. The van der Waals surface area contributed by atoms with Gasteiger partial charge in [0.05, 0.1) is 16.9 Å². The summed E-state index contributed by atoms with van der Waals surface area (Å²) in [5, 5.41) is 14.7. The van der Waals surface area contributed by atoms with E-state index in [-0.39, 0.29) is 5.88 Å². The summed E-state index contributed by atoms with van der Waals surface area (Å²) in [6.45, 7) is 4.13. The van der Waals surface area contributed by atoms with Crippen LogP contribution in [0, 0.1) is 6.92 Å². The van der Waals surface area contributed by atoms with E-state index >= 15 is 0 Å². The first kappa shape index (κ1) is 13.4. The van der Waals surface area contributed by atoms with E-state index in [0.717, 1.165) is 34.5 Å². The second kappa shape index (κ2) is 5.44. The van der Waals surface area contributed by atoms with Gasteiger partial charge in [0.1, 0.15) is 0 Å². The minimum Gasteiger partial charge on any atom is -0.492 e. The lowest BCUT2D eigenvalue weighted by Gasteiger charge is -2.10. The molecule has 3 aromatic rings. The summed E-state index contributed by atoms with van der Waals surface area (Å²) in [5.74, 6) is 0.0845. The Hall–Kier alpha value is -2.55. The molecule has 0 amide bonds. The molecular formula is C18H18N2O.